The first-order valence-corrected chi connectivity index (χ1v) is 9.60. The molecule has 4 rings (SSSR count). The minimum absolute atomic E-state index is 0.00700. The van der Waals surface area contributed by atoms with Crippen molar-refractivity contribution in [2.24, 2.45) is 11.8 Å². The number of nitrogens with one attached hydrogen (secondary N) is 1. The second-order valence-corrected chi connectivity index (χ2v) is 7.83. The second-order valence-electron chi connectivity index (χ2n) is 7.83. The number of benzene rings is 1. The van der Waals surface area contributed by atoms with Crippen LogP contribution in [0.15, 0.2) is 36.1 Å². The number of nitrogens with zero attached hydrogens (tertiary/aromatic N) is 1. The Morgan fingerprint density at radius 3 is 2.82 bits per heavy atom. The van der Waals surface area contributed by atoms with E-state index in [4.69, 9.17) is 4.74 Å². The van der Waals surface area contributed by atoms with Crippen LogP contribution in [-0.2, 0) is 24.5 Å². The molecule has 2 saturated heterocycles. The van der Waals surface area contributed by atoms with Gasteiger partial charge in [0.2, 0.25) is 11.8 Å². The zero-order valence-corrected chi connectivity index (χ0v) is 16.0. The van der Waals surface area contributed by atoms with Crippen LogP contribution >= 0.6 is 0 Å². The molecule has 3 aliphatic heterocycles. The molecule has 28 heavy (non-hydrogen) atoms. The smallest absolute Gasteiger partial charge is 0.334 e. The number of carbonyl (C=O) groups is 3. The van der Waals surface area contributed by atoms with Crippen LogP contribution < -0.4 is 5.32 Å². The molecule has 0 aliphatic carbocycles. The number of rotatable bonds is 4. The standard InChI is InChI=1S/C21H24N2O5/c1-3-12-10-23-17(8-13(12)14(11-28-2)19(25)26)21(9-18(23)24)15-6-4-5-7-16(15)22-20(21)27/h4-7,11-13,17H,3,8-10H2,1-2H3,(H,22,27)(H,25,26)/b14-11+/t12-,13-,17-,21-/m0/s1. The summed E-state index contributed by atoms with van der Waals surface area (Å²) in [5, 5.41) is 12.6. The number of ether oxygens (including phenoxy) is 1. The predicted octanol–water partition coefficient (Wildman–Crippen LogP) is 2.14. The van der Waals surface area contributed by atoms with Gasteiger partial charge in [0.1, 0.15) is 5.41 Å². The van der Waals surface area contributed by atoms with Gasteiger partial charge in [0, 0.05) is 24.6 Å². The van der Waals surface area contributed by atoms with E-state index in [2.05, 4.69) is 5.32 Å². The molecule has 4 atom stereocenters. The van der Waals surface area contributed by atoms with Crippen molar-refractivity contribution in [1.29, 1.82) is 0 Å². The minimum Gasteiger partial charge on any atom is -0.504 e. The van der Waals surface area contributed by atoms with E-state index in [0.29, 0.717) is 13.0 Å². The number of carboxylic acids is 1. The van der Waals surface area contributed by atoms with Crippen LogP contribution in [0.5, 0.6) is 0 Å². The zero-order chi connectivity index (χ0) is 20.1. The summed E-state index contributed by atoms with van der Waals surface area (Å²) < 4.78 is 5.04. The lowest BCUT2D eigenvalue weighted by Crippen LogP contribution is -2.54. The van der Waals surface area contributed by atoms with Crippen LogP contribution in [0.3, 0.4) is 0 Å². The summed E-state index contributed by atoms with van der Waals surface area (Å²) in [6.45, 7) is 2.45. The molecule has 2 fully saturated rings. The van der Waals surface area contributed by atoms with Crippen molar-refractivity contribution < 1.29 is 24.2 Å². The Kier molecular flexibility index (Phi) is 4.40. The summed E-state index contributed by atoms with van der Waals surface area (Å²) in [7, 11) is 1.43. The van der Waals surface area contributed by atoms with Crippen molar-refractivity contribution in [3.63, 3.8) is 0 Å². The molecule has 7 nitrogen and oxygen atoms in total. The maximum atomic E-state index is 13.1. The highest BCUT2D eigenvalue weighted by Crippen LogP contribution is 2.53. The van der Waals surface area contributed by atoms with Gasteiger partial charge in [-0.2, -0.15) is 0 Å². The summed E-state index contributed by atoms with van der Waals surface area (Å²) in [5.41, 5.74) is 0.820. The Hall–Kier alpha value is -2.83. The van der Waals surface area contributed by atoms with Gasteiger partial charge in [-0.15, -0.1) is 0 Å². The van der Waals surface area contributed by atoms with Gasteiger partial charge in [-0.25, -0.2) is 4.79 Å². The molecule has 1 spiro atoms. The number of fused-ring (bicyclic) bond motifs is 4. The van der Waals surface area contributed by atoms with E-state index in [1.807, 2.05) is 31.2 Å². The summed E-state index contributed by atoms with van der Waals surface area (Å²) in [6.07, 6.45) is 2.58. The third-order valence-electron chi connectivity index (χ3n) is 6.65. The average Bonchev–Trinajstić information content (AvgIpc) is 3.13. The molecular weight excluding hydrogens is 360 g/mol. The quantitative estimate of drug-likeness (QED) is 0.612. The van der Waals surface area contributed by atoms with Crippen LogP contribution in [0.25, 0.3) is 0 Å². The van der Waals surface area contributed by atoms with Crippen molar-refractivity contribution in [1.82, 2.24) is 4.90 Å². The number of methoxy groups -OCH3 is 1. The number of piperidine rings is 1. The first kappa shape index (κ1) is 18.5. The van der Waals surface area contributed by atoms with Crippen LogP contribution in [0.4, 0.5) is 5.69 Å². The molecule has 2 N–H and O–H groups in total. The molecule has 0 saturated carbocycles. The van der Waals surface area contributed by atoms with E-state index in [1.54, 1.807) is 4.90 Å². The SMILES string of the molecule is CC[C@H]1CN2C(=O)C[C@@]3(C(=O)Nc4ccccc43)[C@@H]2C[C@@H]1/C(=C\OC)C(=O)O. The number of carboxylic acid groups (broad SMARTS) is 1. The number of carbonyl (C=O) groups excluding carboxylic acids is 2. The first-order valence-electron chi connectivity index (χ1n) is 9.60. The van der Waals surface area contributed by atoms with Crippen molar-refractivity contribution in [3.8, 4) is 0 Å². The summed E-state index contributed by atoms with van der Waals surface area (Å²) >= 11 is 0. The molecule has 1 aromatic carbocycles. The Bertz CT molecular complexity index is 879. The van der Waals surface area contributed by atoms with Gasteiger partial charge in [0.15, 0.2) is 0 Å². The van der Waals surface area contributed by atoms with E-state index in [9.17, 15) is 19.5 Å². The van der Waals surface area contributed by atoms with Crippen molar-refractivity contribution in [3.05, 3.63) is 41.7 Å². The molecule has 3 aliphatic rings. The molecule has 1 aromatic rings. The number of aliphatic carboxylic acids is 1. The average molecular weight is 384 g/mol. The fourth-order valence-corrected chi connectivity index (χ4v) is 5.33. The fourth-order valence-electron chi connectivity index (χ4n) is 5.33. The predicted molar refractivity (Wildman–Crippen MR) is 101 cm³/mol. The fraction of sp³-hybridized carbons (Fsp3) is 0.476. The molecule has 7 heteroatoms. The Labute approximate surface area is 163 Å². The van der Waals surface area contributed by atoms with Crippen molar-refractivity contribution in [2.75, 3.05) is 19.0 Å². The number of hydrogen-bond donors (Lipinski definition) is 2. The Morgan fingerprint density at radius 2 is 2.14 bits per heavy atom. The van der Waals surface area contributed by atoms with Gasteiger partial charge in [0.25, 0.3) is 0 Å². The molecule has 0 unspecified atom stereocenters. The molecule has 0 aromatic heterocycles. The van der Waals surface area contributed by atoms with E-state index in [1.165, 1.54) is 13.4 Å². The van der Waals surface area contributed by atoms with Gasteiger partial charge in [0.05, 0.1) is 25.0 Å². The third kappa shape index (κ3) is 2.45. The molecular formula is C21H24N2O5. The van der Waals surface area contributed by atoms with E-state index < -0.39 is 11.4 Å². The third-order valence-corrected chi connectivity index (χ3v) is 6.65. The highest BCUT2D eigenvalue weighted by atomic mass is 16.5. The first-order chi connectivity index (χ1) is 13.4. The molecule has 0 bridgehead atoms. The molecule has 2 amide bonds. The number of anilines is 1. The molecule has 148 valence electrons. The van der Waals surface area contributed by atoms with Crippen LogP contribution in [-0.4, -0.2) is 47.5 Å². The van der Waals surface area contributed by atoms with E-state index in [-0.39, 0.29) is 41.7 Å². The van der Waals surface area contributed by atoms with Gasteiger partial charge in [-0.1, -0.05) is 31.5 Å². The number of amides is 2. The molecule has 0 radical (unpaired) electrons. The number of hydrogen-bond acceptors (Lipinski definition) is 4. The number of para-hydroxylation sites is 1. The highest BCUT2D eigenvalue weighted by molar-refractivity contribution is 6.10. The monoisotopic (exact) mass is 384 g/mol. The van der Waals surface area contributed by atoms with E-state index in [0.717, 1.165) is 17.7 Å². The topological polar surface area (TPSA) is 95.9 Å². The Balaban J connectivity index is 1.80. The second kappa shape index (κ2) is 6.65. The van der Waals surface area contributed by atoms with Gasteiger partial charge >= 0.3 is 5.97 Å². The normalized spacial score (nSPS) is 31.6. The van der Waals surface area contributed by atoms with Gasteiger partial charge in [-0.3, -0.25) is 9.59 Å². The maximum Gasteiger partial charge on any atom is 0.334 e. The molecule has 3 heterocycles. The lowest BCUT2D eigenvalue weighted by Gasteiger charge is -2.44. The summed E-state index contributed by atoms with van der Waals surface area (Å²) in [5.74, 6) is -1.51. The zero-order valence-electron chi connectivity index (χ0n) is 16.0. The van der Waals surface area contributed by atoms with Crippen LogP contribution in [0.2, 0.25) is 0 Å². The van der Waals surface area contributed by atoms with Crippen molar-refractivity contribution in [2.45, 2.75) is 37.6 Å². The minimum atomic E-state index is -1.02. The van der Waals surface area contributed by atoms with Crippen LogP contribution in [0, 0.1) is 11.8 Å². The summed E-state index contributed by atoms with van der Waals surface area (Å²) in [6, 6.07) is 7.10. The maximum absolute atomic E-state index is 13.1. The lowest BCUT2D eigenvalue weighted by molar-refractivity contribution is -0.134. The Morgan fingerprint density at radius 1 is 1.39 bits per heavy atom. The lowest BCUT2D eigenvalue weighted by atomic mass is 9.67. The van der Waals surface area contributed by atoms with Gasteiger partial charge in [-0.05, 0) is 24.0 Å². The highest BCUT2D eigenvalue weighted by Gasteiger charge is 2.63. The van der Waals surface area contributed by atoms with Gasteiger partial charge < -0.3 is 20.1 Å². The summed E-state index contributed by atoms with van der Waals surface area (Å²) in [4.78, 5) is 39.7. The van der Waals surface area contributed by atoms with E-state index >= 15 is 0 Å². The van der Waals surface area contributed by atoms with Crippen LogP contribution in [0.1, 0.15) is 31.7 Å². The largest absolute Gasteiger partial charge is 0.504 e. The van der Waals surface area contributed by atoms with Crippen molar-refractivity contribution >= 4 is 23.5 Å².